The molecule has 0 bridgehead atoms. The summed E-state index contributed by atoms with van der Waals surface area (Å²) in [6.07, 6.45) is -3.76. The van der Waals surface area contributed by atoms with Crippen LogP contribution in [0.3, 0.4) is 0 Å². The molecule has 0 heterocycles. The Bertz CT molecular complexity index is 594. The number of alkyl halides is 3. The number of hydrogen-bond acceptors (Lipinski definition) is 3. The van der Waals surface area contributed by atoms with Gasteiger partial charge in [0.15, 0.2) is 0 Å². The normalized spacial score (nSPS) is 16.0. The molecule has 0 N–H and O–H groups in total. The molecule has 1 aliphatic rings. The van der Waals surface area contributed by atoms with E-state index in [9.17, 15) is 22.8 Å². The number of benzene rings is 1. The third-order valence-corrected chi connectivity index (χ3v) is 3.81. The molecule has 1 fully saturated rings. The lowest BCUT2D eigenvalue weighted by atomic mass is 10.0. The largest absolute Gasteiger partial charge is 0.468 e. The lowest BCUT2D eigenvalue weighted by molar-refractivity contribution is -0.156. The van der Waals surface area contributed by atoms with Gasteiger partial charge >= 0.3 is 12.1 Å². The fraction of sp³-hybridized carbons (Fsp3) is 0.467. The topological polar surface area (TPSA) is 46.6 Å². The van der Waals surface area contributed by atoms with Crippen LogP contribution in [-0.2, 0) is 27.0 Å². The van der Waals surface area contributed by atoms with Crippen LogP contribution in [-0.4, -0.2) is 30.9 Å². The van der Waals surface area contributed by atoms with E-state index >= 15 is 0 Å². The van der Waals surface area contributed by atoms with Crippen molar-refractivity contribution in [2.45, 2.75) is 25.6 Å². The minimum Gasteiger partial charge on any atom is -0.468 e. The van der Waals surface area contributed by atoms with Crippen molar-refractivity contribution in [1.29, 1.82) is 0 Å². The summed E-state index contributed by atoms with van der Waals surface area (Å²) in [5.74, 6) is -1.13. The smallest absolute Gasteiger partial charge is 0.416 e. The fourth-order valence-electron chi connectivity index (χ4n) is 2.45. The molecular formula is C15H16F3NO3. The van der Waals surface area contributed by atoms with Gasteiger partial charge in [0.2, 0.25) is 5.91 Å². The van der Waals surface area contributed by atoms with Gasteiger partial charge in [0.25, 0.3) is 0 Å². The molecule has 0 atom stereocenters. The van der Waals surface area contributed by atoms with Crippen LogP contribution in [0, 0.1) is 5.41 Å². The second-order valence-electron chi connectivity index (χ2n) is 5.39. The number of amides is 1. The Balaban J connectivity index is 2.18. The predicted octanol–water partition coefficient (Wildman–Crippen LogP) is 2.62. The van der Waals surface area contributed by atoms with Crippen LogP contribution >= 0.6 is 0 Å². The predicted molar refractivity (Wildman–Crippen MR) is 71.6 cm³/mol. The molecule has 1 aromatic carbocycles. The lowest BCUT2D eigenvalue weighted by Crippen LogP contribution is -2.39. The number of hydrogen-bond donors (Lipinski definition) is 0. The van der Waals surface area contributed by atoms with Crippen molar-refractivity contribution in [2.24, 2.45) is 5.41 Å². The molecule has 0 aliphatic heterocycles. The Labute approximate surface area is 125 Å². The van der Waals surface area contributed by atoms with Crippen molar-refractivity contribution < 1.29 is 27.5 Å². The zero-order valence-electron chi connectivity index (χ0n) is 12.2. The van der Waals surface area contributed by atoms with Crippen molar-refractivity contribution in [3.8, 4) is 0 Å². The summed E-state index contributed by atoms with van der Waals surface area (Å²) in [6.45, 7) is -0.215. The van der Waals surface area contributed by atoms with E-state index in [2.05, 4.69) is 4.74 Å². The number of carbonyl (C=O) groups is 2. The highest BCUT2D eigenvalue weighted by Crippen LogP contribution is 2.48. The third-order valence-electron chi connectivity index (χ3n) is 3.81. The number of rotatable bonds is 4. The van der Waals surface area contributed by atoms with Crippen molar-refractivity contribution in [3.63, 3.8) is 0 Å². The van der Waals surface area contributed by atoms with Crippen LogP contribution in [0.4, 0.5) is 13.2 Å². The lowest BCUT2D eigenvalue weighted by Gasteiger charge is -2.23. The molecule has 0 aromatic heterocycles. The zero-order chi connectivity index (χ0) is 16.5. The van der Waals surface area contributed by atoms with Gasteiger partial charge in [-0.05, 0) is 24.5 Å². The molecule has 1 amide bonds. The summed E-state index contributed by atoms with van der Waals surface area (Å²) in [5, 5.41) is 0. The maximum Gasteiger partial charge on any atom is 0.416 e. The van der Waals surface area contributed by atoms with Crippen molar-refractivity contribution in [1.82, 2.24) is 4.90 Å². The zero-order valence-corrected chi connectivity index (χ0v) is 12.2. The second kappa shape index (κ2) is 5.62. The minimum atomic E-state index is -4.49. The molecule has 22 heavy (non-hydrogen) atoms. The summed E-state index contributed by atoms with van der Waals surface area (Å²) in [4.78, 5) is 25.2. The van der Waals surface area contributed by atoms with Crippen LogP contribution in [0.25, 0.3) is 0 Å². The first-order valence-electron chi connectivity index (χ1n) is 6.71. The molecular weight excluding hydrogens is 299 g/mol. The van der Waals surface area contributed by atoms with Crippen molar-refractivity contribution in [2.75, 3.05) is 14.2 Å². The molecule has 1 saturated carbocycles. The Morgan fingerprint density at radius 3 is 2.36 bits per heavy atom. The molecule has 0 unspecified atom stereocenters. The fourth-order valence-corrected chi connectivity index (χ4v) is 2.45. The Morgan fingerprint density at radius 2 is 1.86 bits per heavy atom. The maximum atomic E-state index is 13.0. The highest BCUT2D eigenvalue weighted by atomic mass is 19.4. The van der Waals surface area contributed by atoms with Crippen LogP contribution in [0.15, 0.2) is 24.3 Å². The van der Waals surface area contributed by atoms with E-state index in [1.807, 2.05) is 0 Å². The van der Waals surface area contributed by atoms with E-state index in [1.54, 1.807) is 0 Å². The number of halogens is 3. The molecule has 0 radical (unpaired) electrons. The quantitative estimate of drug-likeness (QED) is 0.634. The average Bonchev–Trinajstić information content (AvgIpc) is 3.26. The second-order valence-corrected chi connectivity index (χ2v) is 5.39. The number of ether oxygens (including phenoxy) is 1. The van der Waals surface area contributed by atoms with E-state index in [0.29, 0.717) is 12.8 Å². The van der Waals surface area contributed by atoms with Gasteiger partial charge in [-0.25, -0.2) is 0 Å². The highest BCUT2D eigenvalue weighted by Gasteiger charge is 2.58. The molecule has 7 heteroatoms. The van der Waals surface area contributed by atoms with Crippen molar-refractivity contribution >= 4 is 11.9 Å². The van der Waals surface area contributed by atoms with E-state index in [0.717, 1.165) is 11.0 Å². The van der Waals surface area contributed by atoms with Crippen molar-refractivity contribution in [3.05, 3.63) is 35.4 Å². The molecule has 0 spiro atoms. The first-order chi connectivity index (χ1) is 10.2. The molecule has 1 aromatic rings. The Hall–Kier alpha value is -2.05. The number of nitrogens with zero attached hydrogens (tertiary/aromatic N) is 1. The number of carbonyl (C=O) groups excluding carboxylic acids is 2. The number of methoxy groups -OCH3 is 1. The van der Waals surface area contributed by atoms with Crippen LogP contribution in [0.1, 0.15) is 24.0 Å². The van der Waals surface area contributed by atoms with Gasteiger partial charge in [0.05, 0.1) is 12.7 Å². The Kier molecular flexibility index (Phi) is 4.17. The van der Waals surface area contributed by atoms with Gasteiger partial charge in [-0.3, -0.25) is 9.59 Å². The van der Waals surface area contributed by atoms with Crippen LogP contribution < -0.4 is 0 Å². The summed E-state index contributed by atoms with van der Waals surface area (Å²) < 4.78 is 43.5. The summed E-state index contributed by atoms with van der Waals surface area (Å²) in [5.41, 5.74) is -2.00. The molecule has 2 rings (SSSR count). The monoisotopic (exact) mass is 315 g/mol. The van der Waals surface area contributed by atoms with Gasteiger partial charge in [-0.1, -0.05) is 18.2 Å². The first kappa shape index (κ1) is 16.3. The van der Waals surface area contributed by atoms with E-state index in [1.165, 1.54) is 32.4 Å². The highest BCUT2D eigenvalue weighted by molar-refractivity contribution is 6.05. The summed E-state index contributed by atoms with van der Waals surface area (Å²) in [6, 6.07) is 5.08. The van der Waals surface area contributed by atoms with Gasteiger partial charge in [-0.2, -0.15) is 13.2 Å². The van der Waals surface area contributed by atoms with Gasteiger partial charge in [0.1, 0.15) is 5.41 Å². The van der Waals surface area contributed by atoms with E-state index in [4.69, 9.17) is 0 Å². The van der Waals surface area contributed by atoms with Gasteiger partial charge < -0.3 is 9.64 Å². The molecule has 1 aliphatic carbocycles. The molecule has 120 valence electrons. The number of esters is 1. The van der Waals surface area contributed by atoms with Crippen LogP contribution in [0.2, 0.25) is 0 Å². The first-order valence-corrected chi connectivity index (χ1v) is 6.71. The molecule has 0 saturated heterocycles. The molecule has 4 nitrogen and oxygen atoms in total. The summed E-state index contributed by atoms with van der Waals surface area (Å²) >= 11 is 0. The standard InChI is InChI=1S/C15H16F3NO3/c1-19(12(20)14(7-8-14)13(21)22-2)9-10-5-3-4-6-11(10)15(16,17)18/h3-6H,7-9H2,1-2H3. The van der Waals surface area contributed by atoms with Crippen LogP contribution in [0.5, 0.6) is 0 Å². The minimum absolute atomic E-state index is 0.00786. The van der Waals surface area contributed by atoms with E-state index < -0.39 is 29.0 Å². The maximum absolute atomic E-state index is 13.0. The van der Waals surface area contributed by atoms with E-state index in [-0.39, 0.29) is 12.1 Å². The average molecular weight is 315 g/mol. The van der Waals surface area contributed by atoms with Gasteiger partial charge in [-0.15, -0.1) is 0 Å². The van der Waals surface area contributed by atoms with Gasteiger partial charge in [0, 0.05) is 13.6 Å². The SMILES string of the molecule is COC(=O)C1(C(=O)N(C)Cc2ccccc2C(F)(F)F)CC1. The summed E-state index contributed by atoms with van der Waals surface area (Å²) in [7, 11) is 2.58. The third kappa shape index (κ3) is 2.93. The Morgan fingerprint density at radius 1 is 1.27 bits per heavy atom.